The highest BCUT2D eigenvalue weighted by molar-refractivity contribution is 5.90. The summed E-state index contributed by atoms with van der Waals surface area (Å²) in [6.45, 7) is 6.03. The fourth-order valence-electron chi connectivity index (χ4n) is 2.50. The molecule has 0 aliphatic carbocycles. The minimum atomic E-state index is -0.578. The first-order valence-corrected chi connectivity index (χ1v) is 6.69. The van der Waals surface area contributed by atoms with Crippen LogP contribution in [-0.2, 0) is 14.3 Å². The van der Waals surface area contributed by atoms with Crippen LogP contribution in [0.4, 0.5) is 4.79 Å². The molecule has 0 aromatic heterocycles. The number of fused-ring (bicyclic) bond motifs is 1. The first-order chi connectivity index (χ1) is 9.17. The van der Waals surface area contributed by atoms with Gasteiger partial charge in [0.1, 0.15) is 5.60 Å². The smallest absolute Gasteiger partial charge is 0.410 e. The van der Waals surface area contributed by atoms with Gasteiger partial charge in [-0.15, -0.1) is 0 Å². The molecule has 7 nitrogen and oxygen atoms in total. The molecule has 0 spiro atoms. The average molecular weight is 283 g/mol. The molecule has 2 atom stereocenters. The second kappa shape index (κ2) is 4.96. The van der Waals surface area contributed by atoms with Crippen molar-refractivity contribution in [1.29, 1.82) is 0 Å². The van der Waals surface area contributed by atoms with Crippen molar-refractivity contribution in [1.82, 2.24) is 15.1 Å². The lowest BCUT2D eigenvalue weighted by Crippen LogP contribution is -2.41. The van der Waals surface area contributed by atoms with Crippen LogP contribution < -0.4 is 5.32 Å². The number of nitrogens with zero attached hydrogens (tertiary/aromatic N) is 2. The first-order valence-electron chi connectivity index (χ1n) is 6.69. The Morgan fingerprint density at radius 2 is 1.95 bits per heavy atom. The van der Waals surface area contributed by atoms with Gasteiger partial charge < -0.3 is 19.9 Å². The normalized spacial score (nSPS) is 27.0. The first kappa shape index (κ1) is 14.6. The van der Waals surface area contributed by atoms with Gasteiger partial charge in [-0.2, -0.15) is 0 Å². The topological polar surface area (TPSA) is 79.0 Å². The minimum Gasteiger partial charge on any atom is -0.444 e. The van der Waals surface area contributed by atoms with Crippen molar-refractivity contribution in [2.75, 3.05) is 26.7 Å². The summed E-state index contributed by atoms with van der Waals surface area (Å²) in [6, 6.07) is -0.326. The molecule has 2 aliphatic rings. The Morgan fingerprint density at radius 1 is 1.30 bits per heavy atom. The summed E-state index contributed by atoms with van der Waals surface area (Å²) in [5, 5.41) is 2.80. The average Bonchev–Trinajstić information content (AvgIpc) is 2.65. The van der Waals surface area contributed by atoms with E-state index < -0.39 is 11.7 Å². The van der Waals surface area contributed by atoms with Crippen molar-refractivity contribution < 1.29 is 19.1 Å². The monoisotopic (exact) mass is 283 g/mol. The van der Waals surface area contributed by atoms with E-state index in [1.54, 1.807) is 27.8 Å². The minimum absolute atomic E-state index is 0.0677. The largest absolute Gasteiger partial charge is 0.444 e. The van der Waals surface area contributed by atoms with Crippen LogP contribution in [0.1, 0.15) is 20.8 Å². The van der Waals surface area contributed by atoms with Crippen LogP contribution in [0.25, 0.3) is 0 Å². The number of carbonyl (C=O) groups excluding carboxylic acids is 3. The summed E-state index contributed by atoms with van der Waals surface area (Å²) in [4.78, 5) is 38.7. The van der Waals surface area contributed by atoms with Crippen molar-refractivity contribution in [2.45, 2.75) is 32.4 Å². The van der Waals surface area contributed by atoms with Crippen LogP contribution in [0, 0.1) is 5.92 Å². The highest BCUT2D eigenvalue weighted by atomic mass is 16.6. The second-order valence-corrected chi connectivity index (χ2v) is 6.36. The molecule has 2 aliphatic heterocycles. The molecule has 1 N–H and O–H groups in total. The number of ether oxygens (including phenoxy) is 1. The Morgan fingerprint density at radius 3 is 2.55 bits per heavy atom. The Labute approximate surface area is 118 Å². The highest BCUT2D eigenvalue weighted by Crippen LogP contribution is 2.23. The van der Waals surface area contributed by atoms with E-state index in [4.69, 9.17) is 4.74 Å². The lowest BCUT2D eigenvalue weighted by atomic mass is 10.0. The third kappa shape index (κ3) is 3.02. The Kier molecular flexibility index (Phi) is 3.62. The van der Waals surface area contributed by atoms with E-state index in [9.17, 15) is 14.4 Å². The lowest BCUT2D eigenvalue weighted by Gasteiger charge is -2.24. The molecule has 20 heavy (non-hydrogen) atoms. The van der Waals surface area contributed by atoms with Gasteiger partial charge in [-0.3, -0.25) is 9.59 Å². The van der Waals surface area contributed by atoms with Crippen LogP contribution in [-0.4, -0.2) is 66.0 Å². The van der Waals surface area contributed by atoms with Gasteiger partial charge in [0.2, 0.25) is 11.8 Å². The zero-order valence-corrected chi connectivity index (χ0v) is 12.3. The molecule has 0 bridgehead atoms. The summed E-state index contributed by atoms with van der Waals surface area (Å²) in [7, 11) is 1.60. The second-order valence-electron chi connectivity index (χ2n) is 6.36. The standard InChI is InChI=1S/C13H21N3O4/c1-13(2,3)20-12(19)16-5-8-9(6-16)14-10(17)7-15(4)11(8)18/h8-9H,5-7H2,1-4H3,(H,14,17). The van der Waals surface area contributed by atoms with E-state index in [1.807, 2.05) is 0 Å². The van der Waals surface area contributed by atoms with E-state index >= 15 is 0 Å². The summed E-state index contributed by atoms with van der Waals surface area (Å²) >= 11 is 0. The third-order valence-electron chi connectivity index (χ3n) is 3.39. The van der Waals surface area contributed by atoms with E-state index in [2.05, 4.69) is 5.32 Å². The third-order valence-corrected chi connectivity index (χ3v) is 3.39. The molecule has 0 aromatic carbocycles. The number of nitrogens with one attached hydrogen (secondary N) is 1. The molecule has 2 heterocycles. The van der Waals surface area contributed by atoms with E-state index in [-0.39, 0.29) is 36.9 Å². The lowest BCUT2D eigenvalue weighted by molar-refractivity contribution is -0.135. The number of hydrogen-bond donors (Lipinski definition) is 1. The maximum atomic E-state index is 12.2. The molecule has 2 saturated heterocycles. The number of likely N-dealkylation sites (tertiary alicyclic amines) is 1. The predicted octanol–water partition coefficient (Wildman–Crippen LogP) is -0.190. The molecule has 3 amide bonds. The van der Waals surface area contributed by atoms with Crippen LogP contribution in [0.15, 0.2) is 0 Å². The van der Waals surface area contributed by atoms with Gasteiger partial charge in [0, 0.05) is 20.1 Å². The number of amides is 3. The van der Waals surface area contributed by atoms with Gasteiger partial charge in [-0.25, -0.2) is 4.79 Å². The van der Waals surface area contributed by atoms with Gasteiger partial charge in [0.25, 0.3) is 0 Å². The Bertz CT molecular complexity index is 443. The van der Waals surface area contributed by atoms with E-state index in [1.165, 1.54) is 9.80 Å². The van der Waals surface area contributed by atoms with Gasteiger partial charge in [-0.1, -0.05) is 0 Å². The molecule has 0 aromatic rings. The van der Waals surface area contributed by atoms with Gasteiger partial charge in [0.05, 0.1) is 18.5 Å². The predicted molar refractivity (Wildman–Crippen MR) is 70.9 cm³/mol. The van der Waals surface area contributed by atoms with Crippen LogP contribution >= 0.6 is 0 Å². The molecule has 0 saturated carbocycles. The van der Waals surface area contributed by atoms with E-state index in [0.29, 0.717) is 6.54 Å². The zero-order valence-electron chi connectivity index (χ0n) is 12.3. The summed E-state index contributed by atoms with van der Waals surface area (Å²) in [5.74, 6) is -0.697. The quantitative estimate of drug-likeness (QED) is 0.668. The fourth-order valence-corrected chi connectivity index (χ4v) is 2.50. The summed E-state index contributed by atoms with van der Waals surface area (Å²) in [5.41, 5.74) is -0.578. The summed E-state index contributed by atoms with van der Waals surface area (Å²) < 4.78 is 5.30. The Hall–Kier alpha value is -1.79. The zero-order chi connectivity index (χ0) is 15.1. The van der Waals surface area contributed by atoms with Crippen molar-refractivity contribution in [3.63, 3.8) is 0 Å². The molecule has 112 valence electrons. The molecular formula is C13H21N3O4. The molecule has 2 unspecified atom stereocenters. The van der Waals surface area contributed by atoms with E-state index in [0.717, 1.165) is 0 Å². The van der Waals surface area contributed by atoms with Crippen LogP contribution in [0.5, 0.6) is 0 Å². The van der Waals surface area contributed by atoms with Gasteiger partial charge >= 0.3 is 6.09 Å². The maximum absolute atomic E-state index is 12.2. The number of likely N-dealkylation sites (N-methyl/N-ethyl adjacent to an activating group) is 1. The van der Waals surface area contributed by atoms with Crippen molar-refractivity contribution >= 4 is 17.9 Å². The van der Waals surface area contributed by atoms with Crippen LogP contribution in [0.2, 0.25) is 0 Å². The van der Waals surface area contributed by atoms with Gasteiger partial charge in [0.15, 0.2) is 0 Å². The SMILES string of the molecule is CN1CC(=O)NC2CN(C(=O)OC(C)(C)C)CC2C1=O. The molecule has 2 rings (SSSR count). The number of rotatable bonds is 0. The molecule has 7 heteroatoms. The highest BCUT2D eigenvalue weighted by Gasteiger charge is 2.44. The summed E-state index contributed by atoms with van der Waals surface area (Å²) in [6.07, 6.45) is -0.449. The molecule has 2 fully saturated rings. The number of hydrogen-bond acceptors (Lipinski definition) is 4. The fraction of sp³-hybridized carbons (Fsp3) is 0.769. The number of carbonyl (C=O) groups is 3. The van der Waals surface area contributed by atoms with Crippen molar-refractivity contribution in [2.24, 2.45) is 5.92 Å². The molecule has 0 radical (unpaired) electrons. The molecular weight excluding hydrogens is 262 g/mol. The van der Waals surface area contributed by atoms with Crippen LogP contribution in [0.3, 0.4) is 0 Å². The Balaban J connectivity index is 2.08. The van der Waals surface area contributed by atoms with Crippen molar-refractivity contribution in [3.05, 3.63) is 0 Å². The maximum Gasteiger partial charge on any atom is 0.410 e. The van der Waals surface area contributed by atoms with Gasteiger partial charge in [-0.05, 0) is 20.8 Å². The van der Waals surface area contributed by atoms with Crippen molar-refractivity contribution in [3.8, 4) is 0 Å².